The van der Waals surface area contributed by atoms with E-state index in [1.807, 2.05) is 0 Å². The number of nitrogens with zero attached hydrogens (tertiary/aromatic N) is 6. The Kier molecular flexibility index (Phi) is 7.16. The molecule has 4 aromatic rings. The highest BCUT2D eigenvalue weighted by Crippen LogP contribution is 2.32. The SMILES string of the molecule is N/N=C(\C=Nc1ccc(C(=O)O)c(O)c1)c1cc(C(F)(F)F)cc(-c2cn(-c3ccc(C(=O)O)c(O)c3)nn2)n1. The van der Waals surface area contributed by atoms with Gasteiger partial charge in [-0.25, -0.2) is 19.3 Å². The summed E-state index contributed by atoms with van der Waals surface area (Å²) in [4.78, 5) is 30.3. The second-order valence-corrected chi connectivity index (χ2v) is 7.96. The molecule has 40 heavy (non-hydrogen) atoms. The normalized spacial score (nSPS) is 12.1. The minimum atomic E-state index is -4.81. The number of aliphatic imine (C=N–C) groups is 1. The lowest BCUT2D eigenvalue weighted by molar-refractivity contribution is -0.137. The number of pyridine rings is 1. The second-order valence-electron chi connectivity index (χ2n) is 7.96. The van der Waals surface area contributed by atoms with Crippen molar-refractivity contribution in [3.8, 4) is 28.6 Å². The van der Waals surface area contributed by atoms with Gasteiger partial charge in [-0.3, -0.25) is 4.99 Å². The first-order valence-corrected chi connectivity index (χ1v) is 10.8. The Hall–Kier alpha value is -5.80. The van der Waals surface area contributed by atoms with Crippen molar-refractivity contribution in [1.29, 1.82) is 0 Å². The van der Waals surface area contributed by atoms with Gasteiger partial charge in [-0.05, 0) is 36.4 Å². The third kappa shape index (κ3) is 5.69. The Labute approximate surface area is 221 Å². The fourth-order valence-electron chi connectivity index (χ4n) is 3.39. The van der Waals surface area contributed by atoms with Crippen LogP contribution >= 0.6 is 0 Å². The summed E-state index contributed by atoms with van der Waals surface area (Å²) in [7, 11) is 0. The van der Waals surface area contributed by atoms with E-state index in [2.05, 4.69) is 25.4 Å². The quantitative estimate of drug-likeness (QED) is 0.128. The van der Waals surface area contributed by atoms with E-state index in [1.165, 1.54) is 18.3 Å². The van der Waals surface area contributed by atoms with E-state index in [-0.39, 0.29) is 45.3 Å². The Morgan fingerprint density at radius 2 is 1.57 bits per heavy atom. The van der Waals surface area contributed by atoms with Crippen LogP contribution < -0.4 is 5.84 Å². The Morgan fingerprint density at radius 1 is 0.925 bits per heavy atom. The number of aromatic carboxylic acids is 2. The number of phenols is 2. The summed E-state index contributed by atoms with van der Waals surface area (Å²) in [5.41, 5.74) is -2.68. The summed E-state index contributed by atoms with van der Waals surface area (Å²) < 4.78 is 42.3. The van der Waals surface area contributed by atoms with Crippen LogP contribution in [-0.2, 0) is 6.18 Å². The molecule has 0 bridgehead atoms. The van der Waals surface area contributed by atoms with Crippen LogP contribution in [0.3, 0.4) is 0 Å². The van der Waals surface area contributed by atoms with Gasteiger partial charge in [-0.2, -0.15) is 18.3 Å². The zero-order chi connectivity index (χ0) is 29.2. The van der Waals surface area contributed by atoms with Crippen LogP contribution in [0.15, 0.2) is 64.8 Å². The average Bonchev–Trinajstić information content (AvgIpc) is 3.38. The average molecular weight is 555 g/mol. The number of halogens is 3. The molecule has 6 N–H and O–H groups in total. The molecule has 0 atom stereocenters. The number of carboxylic acid groups (broad SMARTS) is 2. The highest BCUT2D eigenvalue weighted by Gasteiger charge is 2.32. The van der Waals surface area contributed by atoms with E-state index in [0.29, 0.717) is 6.07 Å². The van der Waals surface area contributed by atoms with Crippen LogP contribution in [0.4, 0.5) is 18.9 Å². The van der Waals surface area contributed by atoms with Crippen molar-refractivity contribution in [2.75, 3.05) is 0 Å². The molecule has 2 aromatic carbocycles. The predicted molar refractivity (Wildman–Crippen MR) is 132 cm³/mol. The Bertz CT molecular complexity index is 1700. The van der Waals surface area contributed by atoms with Crippen molar-refractivity contribution in [2.45, 2.75) is 6.18 Å². The first-order valence-electron chi connectivity index (χ1n) is 10.8. The monoisotopic (exact) mass is 555 g/mol. The van der Waals surface area contributed by atoms with Crippen molar-refractivity contribution >= 4 is 29.6 Å². The van der Waals surface area contributed by atoms with Crippen LogP contribution in [0.1, 0.15) is 32.0 Å². The van der Waals surface area contributed by atoms with Crippen molar-refractivity contribution < 1.29 is 43.2 Å². The highest BCUT2D eigenvalue weighted by molar-refractivity contribution is 6.38. The molecule has 0 spiro atoms. The van der Waals surface area contributed by atoms with Gasteiger partial charge in [-0.1, -0.05) is 5.21 Å². The van der Waals surface area contributed by atoms with Gasteiger partial charge in [-0.15, -0.1) is 5.10 Å². The van der Waals surface area contributed by atoms with E-state index in [1.54, 1.807) is 0 Å². The molecule has 0 amide bonds. The lowest BCUT2D eigenvalue weighted by atomic mass is 10.1. The second kappa shape index (κ2) is 10.5. The van der Waals surface area contributed by atoms with Crippen LogP contribution in [0.25, 0.3) is 17.1 Å². The molecular formula is C24H16F3N7O6. The number of hydrogen-bond donors (Lipinski definition) is 5. The van der Waals surface area contributed by atoms with Gasteiger partial charge < -0.3 is 26.3 Å². The molecule has 2 aromatic heterocycles. The number of carbonyl (C=O) groups is 2. The van der Waals surface area contributed by atoms with Crippen LogP contribution in [-0.4, -0.2) is 64.3 Å². The standard InChI is InChI=1S/C24H16F3N7O6/c25-24(26,27)11-5-16(18(31-28)9-29-12-1-3-14(22(37)38)20(35)7-12)30-17(6-11)19-10-34(33-32-19)13-2-4-15(23(39)40)21(36)8-13/h1-10,35-36H,28H2,(H,37,38)(H,39,40)/b29-9?,31-18+. The van der Waals surface area contributed by atoms with E-state index in [0.717, 1.165) is 41.2 Å². The molecule has 0 saturated carbocycles. The number of alkyl halides is 3. The van der Waals surface area contributed by atoms with Gasteiger partial charge >= 0.3 is 18.1 Å². The minimum absolute atomic E-state index is 0.0518. The molecule has 0 fully saturated rings. The highest BCUT2D eigenvalue weighted by atomic mass is 19.4. The van der Waals surface area contributed by atoms with Gasteiger partial charge in [0.15, 0.2) is 0 Å². The Morgan fingerprint density at radius 3 is 2.15 bits per heavy atom. The summed E-state index contributed by atoms with van der Waals surface area (Å²) in [5.74, 6) is 1.51. The first kappa shape index (κ1) is 27.2. The summed E-state index contributed by atoms with van der Waals surface area (Å²) >= 11 is 0. The van der Waals surface area contributed by atoms with Gasteiger partial charge in [0.1, 0.15) is 34.0 Å². The number of hydrogen-bond acceptors (Lipinski definition) is 10. The third-order valence-electron chi connectivity index (χ3n) is 5.33. The van der Waals surface area contributed by atoms with Crippen LogP contribution in [0.2, 0.25) is 0 Å². The summed E-state index contributed by atoms with van der Waals surface area (Å²) in [5, 5.41) is 48.9. The molecule has 2 heterocycles. The molecule has 0 radical (unpaired) electrons. The fourth-order valence-corrected chi connectivity index (χ4v) is 3.39. The maximum atomic E-state index is 13.7. The van der Waals surface area contributed by atoms with Gasteiger partial charge in [0.25, 0.3) is 0 Å². The maximum absolute atomic E-state index is 13.7. The zero-order valence-electron chi connectivity index (χ0n) is 19.8. The number of hydrazone groups is 1. The number of nitrogens with two attached hydrogens (primary N) is 1. The first-order chi connectivity index (χ1) is 18.9. The van der Waals surface area contributed by atoms with Gasteiger partial charge in [0, 0.05) is 12.1 Å². The van der Waals surface area contributed by atoms with Crippen molar-refractivity contribution in [3.63, 3.8) is 0 Å². The lowest BCUT2D eigenvalue weighted by Crippen LogP contribution is -2.13. The van der Waals surface area contributed by atoms with E-state index < -0.39 is 35.2 Å². The number of benzene rings is 2. The zero-order valence-corrected chi connectivity index (χ0v) is 19.8. The molecule has 16 heteroatoms. The molecule has 0 unspecified atom stereocenters. The maximum Gasteiger partial charge on any atom is 0.416 e. The van der Waals surface area contributed by atoms with Crippen LogP contribution in [0.5, 0.6) is 11.5 Å². The largest absolute Gasteiger partial charge is 0.507 e. The van der Waals surface area contributed by atoms with Crippen LogP contribution in [0, 0.1) is 0 Å². The van der Waals surface area contributed by atoms with E-state index in [9.17, 15) is 33.0 Å². The molecule has 204 valence electrons. The topological polar surface area (TPSA) is 209 Å². The number of aromatic hydroxyl groups is 2. The molecule has 0 aliphatic heterocycles. The van der Waals surface area contributed by atoms with E-state index in [4.69, 9.17) is 16.1 Å². The number of carboxylic acids is 2. The molecular weight excluding hydrogens is 539 g/mol. The fraction of sp³-hybridized carbons (Fsp3) is 0.0417. The van der Waals surface area contributed by atoms with Crippen molar-refractivity contribution in [1.82, 2.24) is 20.0 Å². The summed E-state index contributed by atoms with van der Waals surface area (Å²) in [6, 6.07) is 8.27. The lowest BCUT2D eigenvalue weighted by Gasteiger charge is -2.10. The molecule has 4 rings (SSSR count). The number of rotatable bonds is 7. The Balaban J connectivity index is 1.72. The predicted octanol–water partition coefficient (Wildman–Crippen LogP) is 3.22. The van der Waals surface area contributed by atoms with E-state index >= 15 is 0 Å². The third-order valence-corrected chi connectivity index (χ3v) is 5.33. The summed E-state index contributed by atoms with van der Waals surface area (Å²) in [6.07, 6.45) is -2.62. The molecule has 0 aliphatic carbocycles. The summed E-state index contributed by atoms with van der Waals surface area (Å²) in [6.45, 7) is 0. The van der Waals surface area contributed by atoms with Gasteiger partial charge in [0.05, 0.1) is 40.7 Å². The molecule has 0 saturated heterocycles. The molecule has 13 nitrogen and oxygen atoms in total. The van der Waals surface area contributed by atoms with Crippen molar-refractivity contribution in [2.24, 2.45) is 15.9 Å². The molecule has 0 aliphatic rings. The smallest absolute Gasteiger partial charge is 0.416 e. The van der Waals surface area contributed by atoms with Gasteiger partial charge in [0.2, 0.25) is 0 Å². The minimum Gasteiger partial charge on any atom is -0.507 e. The number of aromatic nitrogens is 4. The van der Waals surface area contributed by atoms with Crippen molar-refractivity contribution in [3.05, 3.63) is 77.1 Å².